The van der Waals surface area contributed by atoms with Crippen LogP contribution in [0.2, 0.25) is 0 Å². The molecule has 1 heterocycles. The van der Waals surface area contributed by atoms with Gasteiger partial charge in [-0.1, -0.05) is 6.07 Å². The SMILES string of the molecule is CCOC(=O)C1=NN(c2cc([N+](=O)[O-])ccc2C)[C@](C)(C(=O)O)C1. The van der Waals surface area contributed by atoms with Crippen molar-refractivity contribution < 1.29 is 24.4 Å². The Labute approximate surface area is 137 Å². The van der Waals surface area contributed by atoms with Gasteiger partial charge in [-0.05, 0) is 26.3 Å². The Morgan fingerprint density at radius 2 is 2.17 bits per heavy atom. The van der Waals surface area contributed by atoms with E-state index < -0.39 is 22.4 Å². The largest absolute Gasteiger partial charge is 0.479 e. The molecule has 1 N–H and O–H groups in total. The number of carboxylic acid groups (broad SMARTS) is 1. The second kappa shape index (κ2) is 6.26. The lowest BCUT2D eigenvalue weighted by atomic mass is 9.94. The highest BCUT2D eigenvalue weighted by Crippen LogP contribution is 2.37. The van der Waals surface area contributed by atoms with E-state index in [2.05, 4.69) is 5.10 Å². The number of rotatable bonds is 5. The van der Waals surface area contributed by atoms with E-state index in [-0.39, 0.29) is 30.1 Å². The molecule has 0 saturated heterocycles. The fraction of sp³-hybridized carbons (Fsp3) is 0.400. The first kappa shape index (κ1) is 17.4. The summed E-state index contributed by atoms with van der Waals surface area (Å²) in [5.41, 5.74) is -0.909. The monoisotopic (exact) mass is 335 g/mol. The van der Waals surface area contributed by atoms with Crippen molar-refractivity contribution in [1.29, 1.82) is 0 Å². The van der Waals surface area contributed by atoms with Crippen molar-refractivity contribution in [3.05, 3.63) is 33.9 Å². The van der Waals surface area contributed by atoms with Gasteiger partial charge in [-0.3, -0.25) is 10.1 Å². The molecule has 9 heteroatoms. The number of non-ortho nitro benzene ring substituents is 1. The minimum atomic E-state index is -1.54. The molecule has 0 bridgehead atoms. The number of anilines is 1. The molecule has 1 aliphatic rings. The van der Waals surface area contributed by atoms with Gasteiger partial charge in [0.05, 0.1) is 17.2 Å². The molecule has 9 nitrogen and oxygen atoms in total. The van der Waals surface area contributed by atoms with Gasteiger partial charge in [0.2, 0.25) is 0 Å². The first-order valence-electron chi connectivity index (χ1n) is 7.24. The van der Waals surface area contributed by atoms with Gasteiger partial charge >= 0.3 is 11.9 Å². The number of carboxylic acids is 1. The summed E-state index contributed by atoms with van der Waals surface area (Å²) >= 11 is 0. The van der Waals surface area contributed by atoms with E-state index in [1.165, 1.54) is 25.1 Å². The van der Waals surface area contributed by atoms with Gasteiger partial charge in [0.25, 0.3) is 5.69 Å². The molecule has 1 aromatic rings. The first-order valence-corrected chi connectivity index (χ1v) is 7.24. The van der Waals surface area contributed by atoms with Gasteiger partial charge in [0, 0.05) is 18.6 Å². The van der Waals surface area contributed by atoms with Crippen LogP contribution in [0.4, 0.5) is 11.4 Å². The second-order valence-electron chi connectivity index (χ2n) is 5.56. The Hall–Kier alpha value is -2.97. The highest BCUT2D eigenvalue weighted by atomic mass is 16.6. The maximum atomic E-state index is 11.9. The molecular formula is C15H17N3O6. The minimum Gasteiger partial charge on any atom is -0.479 e. The van der Waals surface area contributed by atoms with E-state index in [0.29, 0.717) is 5.56 Å². The molecule has 0 amide bonds. The van der Waals surface area contributed by atoms with E-state index in [0.717, 1.165) is 5.01 Å². The summed E-state index contributed by atoms with van der Waals surface area (Å²) in [7, 11) is 0. The molecule has 1 atom stereocenters. The van der Waals surface area contributed by atoms with Crippen molar-refractivity contribution in [2.45, 2.75) is 32.7 Å². The summed E-state index contributed by atoms with van der Waals surface area (Å²) in [4.78, 5) is 34.1. The Balaban J connectivity index is 2.55. The Morgan fingerprint density at radius 3 is 2.71 bits per heavy atom. The number of aryl methyl sites for hydroxylation is 1. The number of carbonyl (C=O) groups is 2. The number of carbonyl (C=O) groups excluding carboxylic acids is 1. The topological polar surface area (TPSA) is 122 Å². The number of nitrogens with zero attached hydrogens (tertiary/aromatic N) is 3. The maximum absolute atomic E-state index is 11.9. The van der Waals surface area contributed by atoms with E-state index in [4.69, 9.17) is 4.74 Å². The zero-order valence-corrected chi connectivity index (χ0v) is 13.5. The van der Waals surface area contributed by atoms with Gasteiger partial charge in [0.1, 0.15) is 5.71 Å². The van der Waals surface area contributed by atoms with Crippen molar-refractivity contribution in [3.63, 3.8) is 0 Å². The van der Waals surface area contributed by atoms with Crippen molar-refractivity contribution in [2.75, 3.05) is 11.6 Å². The van der Waals surface area contributed by atoms with E-state index in [1.807, 2.05) is 0 Å². The van der Waals surface area contributed by atoms with Crippen LogP contribution in [0.15, 0.2) is 23.3 Å². The van der Waals surface area contributed by atoms with Crippen LogP contribution in [0.3, 0.4) is 0 Å². The summed E-state index contributed by atoms with van der Waals surface area (Å²) in [6.45, 7) is 4.85. The third-order valence-corrected chi connectivity index (χ3v) is 3.80. The number of nitro groups is 1. The fourth-order valence-corrected chi connectivity index (χ4v) is 2.42. The number of hydrogen-bond donors (Lipinski definition) is 1. The predicted octanol–water partition coefficient (Wildman–Crippen LogP) is 1.88. The summed E-state index contributed by atoms with van der Waals surface area (Å²) in [6, 6.07) is 4.07. The van der Waals surface area contributed by atoms with Crippen LogP contribution >= 0.6 is 0 Å². The Bertz CT molecular complexity index is 745. The number of ether oxygens (including phenoxy) is 1. The number of benzene rings is 1. The average molecular weight is 335 g/mol. The third kappa shape index (κ3) is 2.92. The van der Waals surface area contributed by atoms with Crippen molar-refractivity contribution in [3.8, 4) is 0 Å². The molecule has 24 heavy (non-hydrogen) atoms. The van der Waals surface area contributed by atoms with Gasteiger partial charge < -0.3 is 9.84 Å². The van der Waals surface area contributed by atoms with Crippen molar-refractivity contribution >= 4 is 29.0 Å². The van der Waals surface area contributed by atoms with Gasteiger partial charge in [-0.25, -0.2) is 14.6 Å². The molecule has 128 valence electrons. The second-order valence-corrected chi connectivity index (χ2v) is 5.56. The van der Waals surface area contributed by atoms with Crippen LogP contribution in [0.5, 0.6) is 0 Å². The molecule has 0 spiro atoms. The third-order valence-electron chi connectivity index (χ3n) is 3.80. The smallest absolute Gasteiger partial charge is 0.354 e. The number of nitro benzene ring substituents is 1. The molecule has 0 aliphatic carbocycles. The van der Waals surface area contributed by atoms with Crippen molar-refractivity contribution in [1.82, 2.24) is 0 Å². The molecule has 0 radical (unpaired) electrons. The van der Waals surface area contributed by atoms with Crippen LogP contribution in [0.1, 0.15) is 25.8 Å². The van der Waals surface area contributed by atoms with E-state index in [9.17, 15) is 24.8 Å². The molecule has 1 aromatic carbocycles. The number of hydrazone groups is 1. The number of hydrogen-bond acceptors (Lipinski definition) is 7. The summed E-state index contributed by atoms with van der Waals surface area (Å²) in [6.07, 6.45) is -0.163. The van der Waals surface area contributed by atoms with Crippen LogP contribution in [-0.2, 0) is 14.3 Å². The lowest BCUT2D eigenvalue weighted by Gasteiger charge is -2.30. The fourth-order valence-electron chi connectivity index (χ4n) is 2.42. The van der Waals surface area contributed by atoms with E-state index >= 15 is 0 Å². The Morgan fingerprint density at radius 1 is 1.50 bits per heavy atom. The lowest BCUT2D eigenvalue weighted by Crippen LogP contribution is -2.47. The molecule has 0 saturated carbocycles. The maximum Gasteiger partial charge on any atom is 0.354 e. The molecule has 2 rings (SSSR count). The summed E-state index contributed by atoms with van der Waals surface area (Å²) < 4.78 is 4.88. The standard InChI is InChI=1S/C15H17N3O6/c1-4-24-13(19)11-8-15(3,14(20)21)17(16-11)12-7-10(18(22)23)6-5-9(12)2/h5-7H,4,8H2,1-3H3,(H,20,21)/t15-/m0/s1. The first-order chi connectivity index (χ1) is 11.2. The zero-order valence-electron chi connectivity index (χ0n) is 13.5. The molecule has 0 fully saturated rings. The van der Waals surface area contributed by atoms with Crippen LogP contribution in [0.25, 0.3) is 0 Å². The lowest BCUT2D eigenvalue weighted by molar-refractivity contribution is -0.384. The highest BCUT2D eigenvalue weighted by Gasteiger charge is 2.48. The van der Waals surface area contributed by atoms with Gasteiger partial charge in [-0.15, -0.1) is 0 Å². The van der Waals surface area contributed by atoms with Crippen LogP contribution in [0, 0.1) is 17.0 Å². The molecule has 1 aliphatic heterocycles. The van der Waals surface area contributed by atoms with Crippen molar-refractivity contribution in [2.24, 2.45) is 5.10 Å². The van der Waals surface area contributed by atoms with E-state index in [1.54, 1.807) is 13.8 Å². The molecule has 0 aromatic heterocycles. The number of esters is 1. The quantitative estimate of drug-likeness (QED) is 0.495. The number of aliphatic carboxylic acids is 1. The summed E-state index contributed by atoms with van der Waals surface area (Å²) in [5, 5.41) is 25.8. The predicted molar refractivity (Wildman–Crippen MR) is 85.0 cm³/mol. The zero-order chi connectivity index (χ0) is 18.1. The van der Waals surface area contributed by atoms with Crippen LogP contribution in [-0.4, -0.2) is 39.8 Å². The van der Waals surface area contributed by atoms with Crippen LogP contribution < -0.4 is 5.01 Å². The van der Waals surface area contributed by atoms with Gasteiger partial charge in [-0.2, -0.15) is 5.10 Å². The minimum absolute atomic E-state index is 0.0346. The highest BCUT2D eigenvalue weighted by molar-refractivity contribution is 6.38. The molecular weight excluding hydrogens is 318 g/mol. The Kier molecular flexibility index (Phi) is 4.54. The summed E-state index contributed by atoms with van der Waals surface area (Å²) in [5.74, 6) is -1.90. The average Bonchev–Trinajstić information content (AvgIpc) is 2.87. The normalized spacial score (nSPS) is 19.8. The molecule has 0 unspecified atom stereocenters. The van der Waals surface area contributed by atoms with Gasteiger partial charge in [0.15, 0.2) is 5.54 Å².